The van der Waals surface area contributed by atoms with Gasteiger partial charge >= 0.3 is 0 Å². The van der Waals surface area contributed by atoms with Crippen LogP contribution in [0.2, 0.25) is 5.02 Å². The second-order valence-electron chi connectivity index (χ2n) is 7.73. The van der Waals surface area contributed by atoms with Crippen molar-refractivity contribution in [1.82, 2.24) is 4.90 Å². The summed E-state index contributed by atoms with van der Waals surface area (Å²) < 4.78 is 15.5. The Kier molecular flexibility index (Phi) is 3.75. The zero-order chi connectivity index (χ0) is 16.1. The molecule has 1 amide bonds. The smallest absolute Gasteiger partial charge is 0.228 e. The van der Waals surface area contributed by atoms with Crippen molar-refractivity contribution in [2.45, 2.75) is 64.2 Å². The number of piperidine rings is 1. The molecule has 2 heterocycles. The van der Waals surface area contributed by atoms with E-state index in [0.717, 1.165) is 12.8 Å². The van der Waals surface area contributed by atoms with Crippen LogP contribution in [0, 0.1) is 5.41 Å². The summed E-state index contributed by atoms with van der Waals surface area (Å²) in [6.07, 6.45) is 2.61. The molecule has 1 aromatic rings. The highest BCUT2D eigenvalue weighted by atomic mass is 35.5. The van der Waals surface area contributed by atoms with Crippen LogP contribution in [0.25, 0.3) is 0 Å². The van der Waals surface area contributed by atoms with Crippen LogP contribution in [-0.4, -0.2) is 22.9 Å². The molecule has 0 spiro atoms. The molecule has 0 aromatic heterocycles. The Morgan fingerprint density at radius 2 is 1.68 bits per heavy atom. The number of carbonyl (C=O) groups is 1. The Bertz CT molecular complexity index is 564. The Morgan fingerprint density at radius 1 is 1.18 bits per heavy atom. The number of rotatable bonds is 1. The summed E-state index contributed by atoms with van der Waals surface area (Å²) in [5.41, 5.74) is -1.06. The Labute approximate surface area is 136 Å². The molecule has 22 heavy (non-hydrogen) atoms. The molecule has 2 bridgehead atoms. The molecule has 4 heteroatoms. The minimum Gasteiger partial charge on any atom is -0.336 e. The molecule has 1 aromatic carbocycles. The maximum absolute atomic E-state index is 15.5. The van der Waals surface area contributed by atoms with E-state index in [1.165, 1.54) is 0 Å². The van der Waals surface area contributed by atoms with Gasteiger partial charge in [-0.3, -0.25) is 4.79 Å². The van der Waals surface area contributed by atoms with Crippen LogP contribution in [0.15, 0.2) is 24.3 Å². The summed E-state index contributed by atoms with van der Waals surface area (Å²) in [5, 5.41) is 0.621. The molecule has 0 radical (unpaired) electrons. The number of carbonyl (C=O) groups excluding carboxylic acids is 1. The van der Waals surface area contributed by atoms with Crippen molar-refractivity contribution in [3.8, 4) is 0 Å². The van der Waals surface area contributed by atoms with Gasteiger partial charge in [0.1, 0.15) is 5.67 Å². The summed E-state index contributed by atoms with van der Waals surface area (Å²) in [7, 11) is 0. The van der Waals surface area contributed by atoms with E-state index in [2.05, 4.69) is 0 Å². The number of nitrogens with zero attached hydrogens (tertiary/aromatic N) is 1. The van der Waals surface area contributed by atoms with Crippen molar-refractivity contribution in [3.05, 3.63) is 34.9 Å². The molecule has 0 N–H and O–H groups in total. The van der Waals surface area contributed by atoms with Crippen molar-refractivity contribution in [2.75, 3.05) is 0 Å². The van der Waals surface area contributed by atoms with E-state index in [0.29, 0.717) is 23.4 Å². The van der Waals surface area contributed by atoms with Crippen LogP contribution in [0.4, 0.5) is 4.39 Å². The Hall–Kier alpha value is -1.09. The van der Waals surface area contributed by atoms with Gasteiger partial charge in [-0.2, -0.15) is 0 Å². The quantitative estimate of drug-likeness (QED) is 0.733. The molecule has 3 rings (SSSR count). The number of amides is 1. The molecule has 2 fully saturated rings. The van der Waals surface area contributed by atoms with E-state index >= 15 is 4.39 Å². The predicted octanol–water partition coefficient (Wildman–Crippen LogP) is 4.70. The number of hydrogen-bond donors (Lipinski definition) is 0. The van der Waals surface area contributed by atoms with Crippen LogP contribution in [0.3, 0.4) is 0 Å². The lowest BCUT2D eigenvalue weighted by Gasteiger charge is -2.44. The molecule has 2 atom stereocenters. The third-order valence-electron chi connectivity index (χ3n) is 4.98. The van der Waals surface area contributed by atoms with Gasteiger partial charge in [-0.15, -0.1) is 0 Å². The van der Waals surface area contributed by atoms with E-state index in [4.69, 9.17) is 11.6 Å². The van der Waals surface area contributed by atoms with Crippen molar-refractivity contribution in [1.29, 1.82) is 0 Å². The van der Waals surface area contributed by atoms with Gasteiger partial charge in [0.05, 0.1) is 0 Å². The molecule has 2 aliphatic heterocycles. The standard InChI is InChI=1S/C18H23ClFNO/c1-17(2,3)16(22)21-14-8-9-15(21)11-18(20,10-14)12-4-6-13(19)7-5-12/h4-7,14-15H,8-11H2,1-3H3. The monoisotopic (exact) mass is 323 g/mol. The summed E-state index contributed by atoms with van der Waals surface area (Å²) in [4.78, 5) is 14.6. The van der Waals surface area contributed by atoms with E-state index in [1.54, 1.807) is 24.3 Å². The molecule has 2 saturated heterocycles. The van der Waals surface area contributed by atoms with Crippen molar-refractivity contribution in [3.63, 3.8) is 0 Å². The number of alkyl halides is 1. The summed E-state index contributed by atoms with van der Waals surface area (Å²) in [6.45, 7) is 5.81. The fourth-order valence-electron chi connectivity index (χ4n) is 3.90. The summed E-state index contributed by atoms with van der Waals surface area (Å²) >= 11 is 5.91. The van der Waals surface area contributed by atoms with Crippen molar-refractivity contribution < 1.29 is 9.18 Å². The zero-order valence-corrected chi connectivity index (χ0v) is 14.2. The third-order valence-corrected chi connectivity index (χ3v) is 5.23. The van der Waals surface area contributed by atoms with Gasteiger partial charge in [-0.1, -0.05) is 44.5 Å². The fourth-order valence-corrected chi connectivity index (χ4v) is 4.02. The molecule has 0 saturated carbocycles. The number of benzene rings is 1. The predicted molar refractivity (Wildman–Crippen MR) is 86.6 cm³/mol. The van der Waals surface area contributed by atoms with Crippen LogP contribution in [-0.2, 0) is 10.5 Å². The molecule has 120 valence electrons. The van der Waals surface area contributed by atoms with Gasteiger partial charge in [0.15, 0.2) is 0 Å². The maximum atomic E-state index is 15.5. The van der Waals surface area contributed by atoms with Gasteiger partial charge in [0.25, 0.3) is 0 Å². The van der Waals surface area contributed by atoms with E-state index in [-0.39, 0.29) is 18.0 Å². The van der Waals surface area contributed by atoms with Crippen LogP contribution in [0.1, 0.15) is 52.0 Å². The first-order valence-corrected chi connectivity index (χ1v) is 8.36. The van der Waals surface area contributed by atoms with Crippen LogP contribution >= 0.6 is 11.6 Å². The Balaban J connectivity index is 1.85. The third kappa shape index (κ3) is 2.64. The lowest BCUT2D eigenvalue weighted by Crippen LogP contribution is -2.53. The molecule has 2 nitrogen and oxygen atoms in total. The molecule has 2 aliphatic rings. The first kappa shape index (κ1) is 15.8. The zero-order valence-electron chi connectivity index (χ0n) is 13.4. The minimum absolute atomic E-state index is 0.0196. The van der Waals surface area contributed by atoms with Gasteiger partial charge in [-0.05, 0) is 30.5 Å². The van der Waals surface area contributed by atoms with E-state index in [9.17, 15) is 4.79 Å². The molecular formula is C18H23ClFNO. The average Bonchev–Trinajstić information content (AvgIpc) is 2.70. The first-order valence-electron chi connectivity index (χ1n) is 7.98. The number of fused-ring (bicyclic) bond motifs is 2. The van der Waals surface area contributed by atoms with Gasteiger partial charge < -0.3 is 4.90 Å². The van der Waals surface area contributed by atoms with Crippen LogP contribution < -0.4 is 0 Å². The fraction of sp³-hybridized carbons (Fsp3) is 0.611. The van der Waals surface area contributed by atoms with Gasteiger partial charge in [0, 0.05) is 35.4 Å². The average molecular weight is 324 g/mol. The lowest BCUT2D eigenvalue weighted by molar-refractivity contribution is -0.147. The topological polar surface area (TPSA) is 20.3 Å². The summed E-state index contributed by atoms with van der Waals surface area (Å²) in [5.74, 6) is 0.151. The number of halogens is 2. The van der Waals surface area contributed by atoms with Crippen molar-refractivity contribution in [2.24, 2.45) is 5.41 Å². The number of hydrogen-bond acceptors (Lipinski definition) is 1. The highest BCUT2D eigenvalue weighted by Gasteiger charge is 2.52. The largest absolute Gasteiger partial charge is 0.336 e. The maximum Gasteiger partial charge on any atom is 0.228 e. The molecule has 2 unspecified atom stereocenters. The summed E-state index contributed by atoms with van der Waals surface area (Å²) in [6, 6.07) is 7.09. The normalized spacial score (nSPS) is 31.4. The first-order chi connectivity index (χ1) is 10.2. The van der Waals surface area contributed by atoms with Gasteiger partial charge in [0.2, 0.25) is 5.91 Å². The Morgan fingerprint density at radius 3 is 2.14 bits per heavy atom. The molecular weight excluding hydrogens is 301 g/mol. The van der Waals surface area contributed by atoms with Crippen LogP contribution in [0.5, 0.6) is 0 Å². The van der Waals surface area contributed by atoms with Gasteiger partial charge in [-0.25, -0.2) is 4.39 Å². The highest BCUT2D eigenvalue weighted by Crippen LogP contribution is 2.49. The van der Waals surface area contributed by atoms with E-state index in [1.807, 2.05) is 25.7 Å². The highest BCUT2D eigenvalue weighted by molar-refractivity contribution is 6.30. The second kappa shape index (κ2) is 5.23. The molecule has 0 aliphatic carbocycles. The minimum atomic E-state index is -1.34. The van der Waals surface area contributed by atoms with E-state index < -0.39 is 11.1 Å². The lowest BCUT2D eigenvalue weighted by atomic mass is 9.81. The van der Waals surface area contributed by atoms with Crippen molar-refractivity contribution >= 4 is 17.5 Å². The second-order valence-corrected chi connectivity index (χ2v) is 8.16. The SMILES string of the molecule is CC(C)(C)C(=O)N1C2CCC1CC(F)(c1ccc(Cl)cc1)C2.